The number of cyclic esters (lactones) is 1. The van der Waals surface area contributed by atoms with Gasteiger partial charge in [0.1, 0.15) is 18.1 Å². The molecule has 0 radical (unpaired) electrons. The monoisotopic (exact) mass is 363 g/mol. The number of benzene rings is 3. The zero-order chi connectivity index (χ0) is 18.6. The second-order valence-corrected chi connectivity index (χ2v) is 6.36. The number of nitrogens with zero attached hydrogens (tertiary/aromatic N) is 1. The van der Waals surface area contributed by atoms with Gasteiger partial charge in [0.05, 0.1) is 13.2 Å². The van der Waals surface area contributed by atoms with E-state index >= 15 is 0 Å². The summed E-state index contributed by atoms with van der Waals surface area (Å²) in [6, 6.07) is 21.5. The van der Waals surface area contributed by atoms with Gasteiger partial charge in [0.25, 0.3) is 0 Å². The lowest BCUT2D eigenvalue weighted by molar-refractivity contribution is 0.105. The molecule has 138 valence electrons. The van der Waals surface area contributed by atoms with Crippen molar-refractivity contribution in [3.05, 3.63) is 66.7 Å². The van der Waals surface area contributed by atoms with Crippen LogP contribution in [0.15, 0.2) is 66.7 Å². The number of amides is 1. The Hall–Kier alpha value is -3.21. The van der Waals surface area contributed by atoms with Crippen LogP contribution in [0.2, 0.25) is 0 Å². The fourth-order valence-electron chi connectivity index (χ4n) is 3.15. The number of hydrogen-bond donors (Lipinski definition) is 0. The molecule has 1 fully saturated rings. The largest absolute Gasteiger partial charge is 0.494 e. The zero-order valence-electron chi connectivity index (χ0n) is 15.1. The summed E-state index contributed by atoms with van der Waals surface area (Å²) in [4.78, 5) is 13.8. The van der Waals surface area contributed by atoms with Gasteiger partial charge in [-0.15, -0.1) is 0 Å². The van der Waals surface area contributed by atoms with Crippen LogP contribution < -0.4 is 14.4 Å². The molecule has 1 atom stereocenters. The Morgan fingerprint density at radius 3 is 2.48 bits per heavy atom. The van der Waals surface area contributed by atoms with Gasteiger partial charge >= 0.3 is 6.09 Å². The Morgan fingerprint density at radius 1 is 0.963 bits per heavy atom. The number of hydrogen-bond acceptors (Lipinski definition) is 4. The molecule has 1 amide bonds. The summed E-state index contributed by atoms with van der Waals surface area (Å²) in [5.41, 5.74) is 0.789. The number of carbonyl (C=O) groups excluding carboxylic acids is 1. The van der Waals surface area contributed by atoms with E-state index in [0.717, 1.165) is 22.6 Å². The van der Waals surface area contributed by atoms with Gasteiger partial charge in [-0.25, -0.2) is 4.79 Å². The van der Waals surface area contributed by atoms with E-state index in [1.165, 1.54) is 5.39 Å². The highest BCUT2D eigenvalue weighted by Crippen LogP contribution is 2.25. The van der Waals surface area contributed by atoms with Crippen molar-refractivity contribution in [2.45, 2.75) is 13.0 Å². The van der Waals surface area contributed by atoms with Gasteiger partial charge in [-0.3, -0.25) is 4.90 Å². The number of ether oxygens (including phenoxy) is 3. The maximum atomic E-state index is 12.2. The van der Waals surface area contributed by atoms with Crippen LogP contribution in [0.25, 0.3) is 10.8 Å². The summed E-state index contributed by atoms with van der Waals surface area (Å²) < 4.78 is 16.7. The van der Waals surface area contributed by atoms with Crippen molar-refractivity contribution in [1.29, 1.82) is 0 Å². The van der Waals surface area contributed by atoms with Crippen molar-refractivity contribution >= 4 is 22.6 Å². The van der Waals surface area contributed by atoms with Crippen molar-refractivity contribution in [1.82, 2.24) is 0 Å². The summed E-state index contributed by atoms with van der Waals surface area (Å²) in [6.45, 7) is 3.32. The first-order chi connectivity index (χ1) is 13.2. The third-order valence-electron chi connectivity index (χ3n) is 4.49. The van der Waals surface area contributed by atoms with Gasteiger partial charge in [-0.05, 0) is 54.1 Å². The fraction of sp³-hybridized carbons (Fsp3) is 0.227. The van der Waals surface area contributed by atoms with Gasteiger partial charge in [0.15, 0.2) is 6.10 Å². The molecule has 1 aliphatic heterocycles. The summed E-state index contributed by atoms with van der Waals surface area (Å²) in [7, 11) is 0. The van der Waals surface area contributed by atoms with Gasteiger partial charge in [0, 0.05) is 5.69 Å². The predicted octanol–water partition coefficient (Wildman–Crippen LogP) is 4.64. The maximum Gasteiger partial charge on any atom is 0.414 e. The lowest BCUT2D eigenvalue weighted by atomic mass is 10.1. The SMILES string of the molecule is CCOc1ccc(N2CC(COc3ccc4ccccc4c3)OC2=O)cc1. The Balaban J connectivity index is 1.38. The molecular formula is C22H21NO4. The molecule has 0 aromatic heterocycles. The minimum atomic E-state index is -0.355. The number of fused-ring (bicyclic) bond motifs is 1. The van der Waals surface area contributed by atoms with E-state index in [1.54, 1.807) is 4.90 Å². The average Bonchev–Trinajstić information content (AvgIpc) is 3.08. The summed E-state index contributed by atoms with van der Waals surface area (Å²) in [5, 5.41) is 2.29. The first kappa shape index (κ1) is 17.2. The quantitative estimate of drug-likeness (QED) is 0.640. The van der Waals surface area contributed by atoms with Crippen molar-refractivity contribution < 1.29 is 19.0 Å². The van der Waals surface area contributed by atoms with Gasteiger partial charge in [-0.2, -0.15) is 0 Å². The zero-order valence-corrected chi connectivity index (χ0v) is 15.1. The molecule has 0 spiro atoms. The van der Waals surface area contributed by atoms with E-state index in [4.69, 9.17) is 14.2 Å². The van der Waals surface area contributed by atoms with Crippen molar-refractivity contribution in [2.75, 3.05) is 24.7 Å². The molecule has 4 rings (SSSR count). The van der Waals surface area contributed by atoms with E-state index in [9.17, 15) is 4.79 Å². The highest BCUT2D eigenvalue weighted by Gasteiger charge is 2.32. The minimum Gasteiger partial charge on any atom is -0.494 e. The number of rotatable bonds is 6. The van der Waals surface area contributed by atoms with Crippen LogP contribution >= 0.6 is 0 Å². The molecule has 1 aliphatic rings. The first-order valence-corrected chi connectivity index (χ1v) is 9.05. The third-order valence-corrected chi connectivity index (χ3v) is 4.49. The Kier molecular flexibility index (Phi) is 4.83. The van der Waals surface area contributed by atoms with Crippen LogP contribution in [0.3, 0.4) is 0 Å². The predicted molar refractivity (Wildman–Crippen MR) is 105 cm³/mol. The van der Waals surface area contributed by atoms with Crippen LogP contribution in [0.1, 0.15) is 6.92 Å². The molecule has 3 aromatic carbocycles. The van der Waals surface area contributed by atoms with Crippen LogP contribution in [0.4, 0.5) is 10.5 Å². The second kappa shape index (κ2) is 7.58. The molecule has 0 aliphatic carbocycles. The van der Waals surface area contributed by atoms with Crippen LogP contribution in [0, 0.1) is 0 Å². The highest BCUT2D eigenvalue weighted by atomic mass is 16.6. The van der Waals surface area contributed by atoms with E-state index < -0.39 is 0 Å². The molecule has 1 heterocycles. The van der Waals surface area contributed by atoms with Crippen LogP contribution in [-0.2, 0) is 4.74 Å². The molecule has 0 bridgehead atoms. The molecule has 5 heteroatoms. The average molecular weight is 363 g/mol. The smallest absolute Gasteiger partial charge is 0.414 e. The molecule has 1 saturated heterocycles. The van der Waals surface area contributed by atoms with E-state index in [1.807, 2.05) is 67.6 Å². The van der Waals surface area contributed by atoms with E-state index in [2.05, 4.69) is 6.07 Å². The van der Waals surface area contributed by atoms with Crippen LogP contribution in [0.5, 0.6) is 11.5 Å². The van der Waals surface area contributed by atoms with Crippen molar-refractivity contribution in [3.63, 3.8) is 0 Å². The molecule has 3 aromatic rings. The number of anilines is 1. The topological polar surface area (TPSA) is 48.0 Å². The molecule has 27 heavy (non-hydrogen) atoms. The first-order valence-electron chi connectivity index (χ1n) is 9.05. The van der Waals surface area contributed by atoms with Gasteiger partial charge in [0.2, 0.25) is 0 Å². The maximum absolute atomic E-state index is 12.2. The Labute approximate surface area is 158 Å². The molecular weight excluding hydrogens is 342 g/mol. The van der Waals surface area contributed by atoms with Crippen molar-refractivity contribution in [3.8, 4) is 11.5 Å². The van der Waals surface area contributed by atoms with Crippen LogP contribution in [-0.4, -0.2) is 32.0 Å². The van der Waals surface area contributed by atoms with Gasteiger partial charge < -0.3 is 14.2 Å². The molecule has 1 unspecified atom stereocenters. The van der Waals surface area contributed by atoms with E-state index in [-0.39, 0.29) is 12.2 Å². The molecule has 5 nitrogen and oxygen atoms in total. The normalized spacial score (nSPS) is 16.4. The Bertz CT molecular complexity index is 938. The highest BCUT2D eigenvalue weighted by molar-refractivity contribution is 5.89. The number of carbonyl (C=O) groups is 1. The summed E-state index contributed by atoms with van der Waals surface area (Å²) in [6.07, 6.45) is -0.665. The van der Waals surface area contributed by atoms with Gasteiger partial charge in [-0.1, -0.05) is 30.3 Å². The lowest BCUT2D eigenvalue weighted by Crippen LogP contribution is -2.26. The molecule has 0 N–H and O–H groups in total. The fourth-order valence-corrected chi connectivity index (χ4v) is 3.15. The molecule has 0 saturated carbocycles. The standard InChI is InChI=1S/C22H21NO4/c1-2-25-19-11-8-18(9-12-19)23-14-21(27-22(23)24)15-26-20-10-7-16-5-3-4-6-17(16)13-20/h3-13,21H,2,14-15H2,1H3. The summed E-state index contributed by atoms with van der Waals surface area (Å²) >= 11 is 0. The second-order valence-electron chi connectivity index (χ2n) is 6.36. The summed E-state index contributed by atoms with van der Waals surface area (Å²) in [5.74, 6) is 1.55. The minimum absolute atomic E-state index is 0.310. The third kappa shape index (κ3) is 3.82. The Morgan fingerprint density at radius 2 is 1.70 bits per heavy atom. The van der Waals surface area contributed by atoms with E-state index in [0.29, 0.717) is 19.8 Å². The van der Waals surface area contributed by atoms with Crippen molar-refractivity contribution in [2.24, 2.45) is 0 Å². The lowest BCUT2D eigenvalue weighted by Gasteiger charge is -2.14.